The van der Waals surface area contributed by atoms with Crippen molar-refractivity contribution in [3.8, 4) is 17.1 Å². The van der Waals surface area contributed by atoms with E-state index < -0.39 is 0 Å². The Morgan fingerprint density at radius 2 is 2.21 bits per heavy atom. The summed E-state index contributed by atoms with van der Waals surface area (Å²) in [6.45, 7) is 0.490. The molecule has 0 saturated carbocycles. The van der Waals surface area contributed by atoms with Crippen molar-refractivity contribution in [3.05, 3.63) is 45.4 Å². The fourth-order valence-corrected chi connectivity index (χ4v) is 2.87. The molecule has 0 radical (unpaired) electrons. The number of nitrogens with two attached hydrogens (primary N) is 1. The molecule has 96 valence electrons. The van der Waals surface area contributed by atoms with Crippen molar-refractivity contribution in [1.82, 2.24) is 9.97 Å². The number of rotatable bonds is 4. The maximum Gasteiger partial charge on any atom is 0.234 e. The van der Waals surface area contributed by atoms with E-state index in [1.165, 1.54) is 0 Å². The van der Waals surface area contributed by atoms with Gasteiger partial charge in [-0.2, -0.15) is 16.3 Å². The average Bonchev–Trinajstić information content (AvgIpc) is 3.10. The van der Waals surface area contributed by atoms with E-state index >= 15 is 0 Å². The van der Waals surface area contributed by atoms with E-state index in [9.17, 15) is 0 Å². The monoisotopic (exact) mass is 289 g/mol. The number of anilines is 1. The molecule has 0 aromatic carbocycles. The molecule has 3 rings (SSSR count). The fourth-order valence-electron chi connectivity index (χ4n) is 1.62. The predicted octanol–water partition coefficient (Wildman–Crippen LogP) is 3.43. The van der Waals surface area contributed by atoms with Gasteiger partial charge < -0.3 is 10.5 Å². The standard InChI is InChI=1S/C13H11N3OS2/c14-13-12(9-3-5-18-8-9)15-6-11(16-13)17-7-10-2-1-4-19-10/h1-6,8H,7H2,(H2,14,16). The summed E-state index contributed by atoms with van der Waals surface area (Å²) >= 11 is 3.25. The van der Waals surface area contributed by atoms with E-state index in [0.29, 0.717) is 24.0 Å². The van der Waals surface area contributed by atoms with E-state index in [-0.39, 0.29) is 0 Å². The Morgan fingerprint density at radius 1 is 1.26 bits per heavy atom. The van der Waals surface area contributed by atoms with Crippen LogP contribution >= 0.6 is 22.7 Å². The predicted molar refractivity (Wildman–Crippen MR) is 78.4 cm³/mol. The van der Waals surface area contributed by atoms with Gasteiger partial charge in [0.05, 0.1) is 6.20 Å². The molecule has 0 amide bonds. The molecular weight excluding hydrogens is 278 g/mol. The lowest BCUT2D eigenvalue weighted by Gasteiger charge is -2.06. The Hall–Kier alpha value is -1.92. The average molecular weight is 289 g/mol. The van der Waals surface area contributed by atoms with Crippen molar-refractivity contribution >= 4 is 28.5 Å². The van der Waals surface area contributed by atoms with Crippen LogP contribution in [0.5, 0.6) is 5.88 Å². The second kappa shape index (κ2) is 5.38. The van der Waals surface area contributed by atoms with E-state index in [0.717, 1.165) is 10.4 Å². The molecule has 3 aromatic rings. The summed E-state index contributed by atoms with van der Waals surface area (Å²) in [5.74, 6) is 0.840. The molecule has 6 heteroatoms. The van der Waals surface area contributed by atoms with Crippen molar-refractivity contribution in [2.24, 2.45) is 0 Å². The van der Waals surface area contributed by atoms with Crippen LogP contribution in [0.15, 0.2) is 40.5 Å². The van der Waals surface area contributed by atoms with Crippen molar-refractivity contribution in [1.29, 1.82) is 0 Å². The molecule has 3 heterocycles. The molecule has 0 aliphatic carbocycles. The third kappa shape index (κ3) is 2.74. The summed E-state index contributed by atoms with van der Waals surface area (Å²) in [6.07, 6.45) is 1.61. The number of hydrogen-bond donors (Lipinski definition) is 1. The molecule has 0 aliphatic heterocycles. The molecule has 19 heavy (non-hydrogen) atoms. The van der Waals surface area contributed by atoms with Gasteiger partial charge in [-0.1, -0.05) is 6.07 Å². The summed E-state index contributed by atoms with van der Waals surface area (Å²) in [5.41, 5.74) is 7.60. The smallest absolute Gasteiger partial charge is 0.234 e. The Kier molecular flexibility index (Phi) is 3.43. The zero-order valence-corrected chi connectivity index (χ0v) is 11.6. The quantitative estimate of drug-likeness (QED) is 0.799. The van der Waals surface area contributed by atoms with Crippen molar-refractivity contribution in [3.63, 3.8) is 0 Å². The zero-order valence-electron chi connectivity index (χ0n) is 9.95. The highest BCUT2D eigenvalue weighted by atomic mass is 32.1. The lowest BCUT2D eigenvalue weighted by atomic mass is 10.2. The lowest BCUT2D eigenvalue weighted by Crippen LogP contribution is -2.01. The molecule has 3 aromatic heterocycles. The first-order chi connectivity index (χ1) is 9.33. The normalized spacial score (nSPS) is 10.5. The van der Waals surface area contributed by atoms with Crippen LogP contribution < -0.4 is 10.5 Å². The van der Waals surface area contributed by atoms with Gasteiger partial charge in [0.25, 0.3) is 0 Å². The number of hydrogen-bond acceptors (Lipinski definition) is 6. The van der Waals surface area contributed by atoms with E-state index in [2.05, 4.69) is 9.97 Å². The van der Waals surface area contributed by atoms with Crippen LogP contribution in [0.2, 0.25) is 0 Å². The molecule has 0 unspecified atom stereocenters. The summed E-state index contributed by atoms with van der Waals surface area (Å²) in [5, 5.41) is 5.99. The van der Waals surface area contributed by atoms with Gasteiger partial charge >= 0.3 is 0 Å². The second-order valence-corrected chi connectivity index (χ2v) is 5.63. The third-order valence-electron chi connectivity index (χ3n) is 2.51. The molecule has 0 aliphatic rings. The van der Waals surface area contributed by atoms with Crippen LogP contribution in [0.3, 0.4) is 0 Å². The van der Waals surface area contributed by atoms with Crippen molar-refractivity contribution < 1.29 is 4.74 Å². The fraction of sp³-hybridized carbons (Fsp3) is 0.0769. The number of aromatic nitrogens is 2. The SMILES string of the molecule is Nc1nc(OCc2cccs2)cnc1-c1ccsc1. The molecule has 0 bridgehead atoms. The highest BCUT2D eigenvalue weighted by molar-refractivity contribution is 7.09. The minimum absolute atomic E-state index is 0.391. The highest BCUT2D eigenvalue weighted by Crippen LogP contribution is 2.25. The van der Waals surface area contributed by atoms with E-state index in [1.807, 2.05) is 34.3 Å². The topological polar surface area (TPSA) is 61.0 Å². The highest BCUT2D eigenvalue weighted by Gasteiger charge is 2.08. The number of nitrogens with zero attached hydrogens (tertiary/aromatic N) is 2. The minimum atomic E-state index is 0.391. The third-order valence-corrected chi connectivity index (χ3v) is 4.05. The summed E-state index contributed by atoms with van der Waals surface area (Å²) in [4.78, 5) is 9.69. The molecule has 4 nitrogen and oxygen atoms in total. The van der Waals surface area contributed by atoms with Gasteiger partial charge in [0.15, 0.2) is 5.82 Å². The Morgan fingerprint density at radius 3 is 2.89 bits per heavy atom. The van der Waals surface area contributed by atoms with Crippen LogP contribution in [-0.2, 0) is 6.61 Å². The van der Waals surface area contributed by atoms with Gasteiger partial charge in [0.1, 0.15) is 12.3 Å². The Labute approximate surface area is 118 Å². The largest absolute Gasteiger partial charge is 0.471 e. The van der Waals surface area contributed by atoms with Crippen LogP contribution in [-0.4, -0.2) is 9.97 Å². The van der Waals surface area contributed by atoms with Crippen molar-refractivity contribution in [2.75, 3.05) is 5.73 Å². The molecule has 0 spiro atoms. The molecule has 2 N–H and O–H groups in total. The number of ether oxygens (including phenoxy) is 1. The van der Waals surface area contributed by atoms with Crippen LogP contribution in [0.25, 0.3) is 11.3 Å². The van der Waals surface area contributed by atoms with Gasteiger partial charge in [-0.15, -0.1) is 11.3 Å². The maximum atomic E-state index is 5.92. The van der Waals surface area contributed by atoms with Crippen LogP contribution in [0.1, 0.15) is 4.88 Å². The van der Waals surface area contributed by atoms with Crippen molar-refractivity contribution in [2.45, 2.75) is 6.61 Å². The zero-order chi connectivity index (χ0) is 13.1. The summed E-state index contributed by atoms with van der Waals surface area (Å²) < 4.78 is 5.56. The molecule has 0 atom stereocenters. The number of nitrogen functional groups attached to an aromatic ring is 1. The summed E-state index contributed by atoms with van der Waals surface area (Å²) in [7, 11) is 0. The van der Waals surface area contributed by atoms with Gasteiger partial charge in [-0.3, -0.25) is 0 Å². The van der Waals surface area contributed by atoms with Gasteiger partial charge in [-0.05, 0) is 22.9 Å². The maximum absolute atomic E-state index is 5.92. The first-order valence-electron chi connectivity index (χ1n) is 5.63. The molecule has 0 saturated heterocycles. The Bertz CT molecular complexity index is 651. The Balaban J connectivity index is 1.76. The minimum Gasteiger partial charge on any atom is -0.471 e. The van der Waals surface area contributed by atoms with Gasteiger partial charge in [0, 0.05) is 15.8 Å². The summed E-state index contributed by atoms with van der Waals surface area (Å²) in [6, 6.07) is 5.97. The number of thiophene rings is 2. The second-order valence-electron chi connectivity index (χ2n) is 3.82. The van der Waals surface area contributed by atoms with Gasteiger partial charge in [0.2, 0.25) is 5.88 Å². The van der Waals surface area contributed by atoms with Crippen LogP contribution in [0, 0.1) is 0 Å². The first-order valence-corrected chi connectivity index (χ1v) is 7.45. The van der Waals surface area contributed by atoms with E-state index in [1.54, 1.807) is 28.9 Å². The lowest BCUT2D eigenvalue weighted by molar-refractivity contribution is 0.296. The van der Waals surface area contributed by atoms with Gasteiger partial charge in [-0.25, -0.2) is 4.98 Å². The van der Waals surface area contributed by atoms with E-state index in [4.69, 9.17) is 10.5 Å². The van der Waals surface area contributed by atoms with Crippen LogP contribution in [0.4, 0.5) is 5.82 Å². The molecule has 0 fully saturated rings. The first kappa shape index (κ1) is 12.1. The molecular formula is C13H11N3OS2.